The van der Waals surface area contributed by atoms with Crippen molar-refractivity contribution in [3.8, 4) is 0 Å². The topological polar surface area (TPSA) is 123 Å². The van der Waals surface area contributed by atoms with Gasteiger partial charge in [0.15, 0.2) is 0 Å². The smallest absolute Gasteiger partial charge is 0.292 e. The van der Waals surface area contributed by atoms with Gasteiger partial charge in [0.25, 0.3) is 16.0 Å². The maximum atomic E-state index is 10.3. The molecule has 0 aliphatic carbocycles. The number of hydrogen-bond acceptors (Lipinski definition) is 4. The van der Waals surface area contributed by atoms with E-state index in [1.165, 1.54) is 0 Å². The quantitative estimate of drug-likeness (QED) is 0.354. The molecule has 0 aromatic carbocycles. The third-order valence-corrected chi connectivity index (χ3v) is 2.03. The summed E-state index contributed by atoms with van der Waals surface area (Å²) in [7, 11) is -4.39. The molecule has 0 unspecified atom stereocenters. The van der Waals surface area contributed by atoms with E-state index in [1.807, 2.05) is 0 Å². The molecule has 1 amide bonds. The molecule has 0 aromatic rings. The highest BCUT2D eigenvalue weighted by molar-refractivity contribution is 7.89. The first-order chi connectivity index (χ1) is 4.76. The molecule has 5 N–H and O–H groups in total. The Hall–Kier alpha value is -1.08. The Bertz CT molecular complexity index is 302. The molecule has 6 nitrogen and oxygen atoms in total. The maximum Gasteiger partial charge on any atom is 0.292 e. The zero-order valence-corrected chi connectivity index (χ0v) is 6.55. The molecule has 64 valence electrons. The number of primary amides is 1. The van der Waals surface area contributed by atoms with E-state index in [-0.39, 0.29) is 0 Å². The van der Waals surface area contributed by atoms with Crippen molar-refractivity contribution in [2.24, 2.45) is 11.5 Å². The minimum Gasteiger partial charge on any atom is -0.393 e. The van der Waals surface area contributed by atoms with Gasteiger partial charge >= 0.3 is 0 Å². The predicted octanol–water partition coefficient (Wildman–Crippen LogP) is -1.45. The van der Waals surface area contributed by atoms with Gasteiger partial charge in [0.1, 0.15) is 5.70 Å². The largest absolute Gasteiger partial charge is 0.393 e. The summed E-state index contributed by atoms with van der Waals surface area (Å²) >= 11 is 0. The number of carbonyl (C=O) groups is 1. The number of hydrogen-bond donors (Lipinski definition) is 3. The van der Waals surface area contributed by atoms with Crippen LogP contribution < -0.4 is 11.5 Å². The van der Waals surface area contributed by atoms with E-state index in [1.54, 1.807) is 0 Å². The predicted molar refractivity (Wildman–Crippen MR) is 37.6 cm³/mol. The average molecular weight is 180 g/mol. The van der Waals surface area contributed by atoms with Crippen molar-refractivity contribution in [2.75, 3.05) is 0 Å². The van der Waals surface area contributed by atoms with E-state index in [4.69, 9.17) is 10.3 Å². The van der Waals surface area contributed by atoms with Crippen molar-refractivity contribution in [3.63, 3.8) is 0 Å². The molecule has 11 heavy (non-hydrogen) atoms. The highest BCUT2D eigenvalue weighted by Crippen LogP contribution is 2.04. The molecule has 0 heterocycles. The molecule has 0 rings (SSSR count). The van der Waals surface area contributed by atoms with Crippen LogP contribution >= 0.6 is 0 Å². The Balaban J connectivity index is 5.16. The highest BCUT2D eigenvalue weighted by Gasteiger charge is 2.15. The van der Waals surface area contributed by atoms with Crippen molar-refractivity contribution in [1.82, 2.24) is 0 Å². The highest BCUT2D eigenvalue weighted by atomic mass is 32.2. The monoisotopic (exact) mass is 180 g/mol. The zero-order chi connectivity index (χ0) is 9.23. The lowest BCUT2D eigenvalue weighted by Gasteiger charge is -1.98. The summed E-state index contributed by atoms with van der Waals surface area (Å²) in [4.78, 5) is 9.62. The normalized spacial score (nSPS) is 14.0. The minimum absolute atomic E-state index is 0.634. The fraction of sp³-hybridized carbons (Fsp3) is 0.250. The lowest BCUT2D eigenvalue weighted by molar-refractivity contribution is -0.114. The number of allylic oxidation sites excluding steroid dienone is 1. The van der Waals surface area contributed by atoms with Crippen molar-refractivity contribution < 1.29 is 17.8 Å². The molecule has 0 aromatic heterocycles. The van der Waals surface area contributed by atoms with Gasteiger partial charge in [-0.2, -0.15) is 8.42 Å². The van der Waals surface area contributed by atoms with Gasteiger partial charge in [0.2, 0.25) is 0 Å². The Morgan fingerprint density at radius 1 is 1.36 bits per heavy atom. The van der Waals surface area contributed by atoms with Crippen molar-refractivity contribution in [1.29, 1.82) is 0 Å². The van der Waals surface area contributed by atoms with E-state index < -0.39 is 26.6 Å². The standard InChI is InChI=1S/C4H8N2O4S/c1-2(11(8,9)10)3(5)4(6)7/h5H2,1H3,(H2,6,7)(H,8,9,10)/b3-2+. The lowest BCUT2D eigenvalue weighted by Crippen LogP contribution is -2.23. The molecule has 0 aliphatic heterocycles. The molecule has 0 saturated carbocycles. The molecular weight excluding hydrogens is 172 g/mol. The van der Waals surface area contributed by atoms with E-state index in [2.05, 4.69) is 5.73 Å². The van der Waals surface area contributed by atoms with Gasteiger partial charge in [-0.3, -0.25) is 9.35 Å². The van der Waals surface area contributed by atoms with E-state index in [0.717, 1.165) is 6.92 Å². The van der Waals surface area contributed by atoms with E-state index in [0.29, 0.717) is 0 Å². The van der Waals surface area contributed by atoms with Crippen LogP contribution in [-0.4, -0.2) is 18.9 Å². The van der Waals surface area contributed by atoms with Crippen LogP contribution in [0.1, 0.15) is 6.92 Å². The summed E-state index contributed by atoms with van der Waals surface area (Å²) in [6, 6.07) is 0. The van der Waals surface area contributed by atoms with E-state index in [9.17, 15) is 13.2 Å². The zero-order valence-electron chi connectivity index (χ0n) is 5.73. The van der Waals surface area contributed by atoms with Crippen LogP contribution in [0, 0.1) is 0 Å². The first-order valence-electron chi connectivity index (χ1n) is 2.50. The van der Waals surface area contributed by atoms with Crippen LogP contribution in [0.25, 0.3) is 0 Å². The van der Waals surface area contributed by atoms with Gasteiger partial charge in [-0.15, -0.1) is 0 Å². The van der Waals surface area contributed by atoms with Gasteiger partial charge in [-0.25, -0.2) is 0 Å². The third-order valence-electron chi connectivity index (χ3n) is 1.03. The number of carbonyl (C=O) groups excluding carboxylic acids is 1. The minimum atomic E-state index is -4.39. The van der Waals surface area contributed by atoms with Crippen LogP contribution in [-0.2, 0) is 14.9 Å². The Morgan fingerprint density at radius 3 is 1.82 bits per heavy atom. The summed E-state index contributed by atoms with van der Waals surface area (Å²) in [6.07, 6.45) is 0. The first-order valence-corrected chi connectivity index (χ1v) is 3.94. The molecule has 0 radical (unpaired) electrons. The number of amides is 1. The second-order valence-electron chi connectivity index (χ2n) is 1.81. The summed E-state index contributed by atoms with van der Waals surface area (Å²) in [5.41, 5.74) is 8.89. The molecule has 0 saturated heterocycles. The van der Waals surface area contributed by atoms with E-state index >= 15 is 0 Å². The van der Waals surface area contributed by atoms with Crippen LogP contribution in [0.4, 0.5) is 0 Å². The second kappa shape index (κ2) is 2.89. The van der Waals surface area contributed by atoms with Gasteiger partial charge in [-0.05, 0) is 6.92 Å². The van der Waals surface area contributed by atoms with Crippen molar-refractivity contribution >= 4 is 16.0 Å². The maximum absolute atomic E-state index is 10.3. The SMILES string of the molecule is C/C(=C(\N)C(N)=O)S(=O)(=O)O. The van der Waals surface area contributed by atoms with Gasteiger partial charge in [0, 0.05) is 0 Å². The Morgan fingerprint density at radius 2 is 1.73 bits per heavy atom. The summed E-state index contributed by atoms with van der Waals surface area (Å²) in [5, 5.41) is 0. The fourth-order valence-electron chi connectivity index (χ4n) is 0.312. The molecular formula is C4H8N2O4S. The summed E-state index contributed by atoms with van der Waals surface area (Å²) in [6.45, 7) is 0.982. The number of nitrogens with two attached hydrogens (primary N) is 2. The van der Waals surface area contributed by atoms with Gasteiger partial charge in [0.05, 0.1) is 4.91 Å². The molecule has 0 atom stereocenters. The van der Waals surface area contributed by atoms with Crippen LogP contribution in [0.2, 0.25) is 0 Å². The summed E-state index contributed by atoms with van der Waals surface area (Å²) < 4.78 is 28.9. The molecule has 0 spiro atoms. The lowest BCUT2D eigenvalue weighted by atomic mass is 10.4. The van der Waals surface area contributed by atoms with Crippen LogP contribution in [0.5, 0.6) is 0 Å². The third kappa shape index (κ3) is 2.56. The molecule has 0 aliphatic rings. The average Bonchev–Trinajstić information content (AvgIpc) is 1.82. The Kier molecular flexibility index (Phi) is 2.60. The second-order valence-corrected chi connectivity index (χ2v) is 3.37. The first kappa shape index (κ1) is 9.92. The number of rotatable bonds is 2. The fourth-order valence-corrected chi connectivity index (χ4v) is 0.691. The van der Waals surface area contributed by atoms with Crippen LogP contribution in [0.3, 0.4) is 0 Å². The molecule has 7 heteroatoms. The van der Waals surface area contributed by atoms with Gasteiger partial charge in [-0.1, -0.05) is 0 Å². The summed E-state index contributed by atoms with van der Waals surface area (Å²) in [5.74, 6) is -1.08. The van der Waals surface area contributed by atoms with Crippen LogP contribution in [0.15, 0.2) is 10.6 Å². The Labute approximate surface area is 63.6 Å². The molecule has 0 fully saturated rings. The van der Waals surface area contributed by atoms with Crippen molar-refractivity contribution in [2.45, 2.75) is 6.92 Å². The van der Waals surface area contributed by atoms with Gasteiger partial charge < -0.3 is 11.5 Å². The molecule has 0 bridgehead atoms. The van der Waals surface area contributed by atoms with Crippen molar-refractivity contribution in [3.05, 3.63) is 10.6 Å².